The summed E-state index contributed by atoms with van der Waals surface area (Å²) in [5.74, 6) is -0.924. The Morgan fingerprint density at radius 1 is 1.11 bits per heavy atom. The van der Waals surface area contributed by atoms with E-state index in [4.69, 9.17) is 0 Å². The van der Waals surface area contributed by atoms with Gasteiger partial charge in [-0.25, -0.2) is 0 Å². The highest BCUT2D eigenvalue weighted by molar-refractivity contribution is 5.84. The minimum Gasteiger partial charge on any atom is -0.311 e. The molecule has 1 aliphatic heterocycles. The van der Waals surface area contributed by atoms with Gasteiger partial charge in [0.25, 0.3) is 5.91 Å². The van der Waals surface area contributed by atoms with Gasteiger partial charge in [-0.3, -0.25) is 29.9 Å². The Kier molecular flexibility index (Phi) is 5.58. The summed E-state index contributed by atoms with van der Waals surface area (Å²) in [6, 6.07) is 9.06. The quantitative estimate of drug-likeness (QED) is 0.787. The van der Waals surface area contributed by atoms with Crippen molar-refractivity contribution < 1.29 is 14.4 Å². The number of aryl methyl sites for hydroxylation is 2. The second-order valence-corrected chi connectivity index (χ2v) is 6.77. The Bertz CT molecular complexity index is 947. The number of nitrogens with zero attached hydrogens (tertiary/aromatic N) is 3. The van der Waals surface area contributed by atoms with Crippen molar-refractivity contribution in [3.63, 3.8) is 0 Å². The van der Waals surface area contributed by atoms with E-state index in [0.717, 1.165) is 22.5 Å². The molecule has 1 aromatic heterocycles. The van der Waals surface area contributed by atoms with Gasteiger partial charge in [0.15, 0.2) is 0 Å². The number of hydrazine groups is 1. The molecule has 3 amide bonds. The van der Waals surface area contributed by atoms with Crippen molar-refractivity contribution in [1.29, 1.82) is 0 Å². The average molecular weight is 381 g/mol. The van der Waals surface area contributed by atoms with Gasteiger partial charge in [0, 0.05) is 18.8 Å². The Morgan fingerprint density at radius 3 is 2.50 bits per heavy atom. The zero-order valence-corrected chi connectivity index (χ0v) is 16.1. The van der Waals surface area contributed by atoms with E-state index in [2.05, 4.69) is 16.0 Å². The van der Waals surface area contributed by atoms with Crippen molar-refractivity contribution in [2.45, 2.75) is 39.8 Å². The van der Waals surface area contributed by atoms with Crippen molar-refractivity contribution in [2.75, 3.05) is 0 Å². The Hall–Kier alpha value is -3.42. The van der Waals surface area contributed by atoms with Gasteiger partial charge in [-0.1, -0.05) is 24.3 Å². The van der Waals surface area contributed by atoms with Crippen LogP contribution >= 0.6 is 0 Å². The molecule has 2 heterocycles. The van der Waals surface area contributed by atoms with Crippen LogP contribution in [0.25, 0.3) is 6.08 Å². The van der Waals surface area contributed by atoms with Crippen LogP contribution in [0.1, 0.15) is 41.9 Å². The lowest BCUT2D eigenvalue weighted by Crippen LogP contribution is -2.45. The maximum absolute atomic E-state index is 12.4. The second kappa shape index (κ2) is 8.08. The minimum absolute atomic E-state index is 0.00846. The van der Waals surface area contributed by atoms with Crippen molar-refractivity contribution in [1.82, 2.24) is 25.5 Å². The fourth-order valence-electron chi connectivity index (χ4n) is 3.29. The molecule has 0 spiro atoms. The molecule has 146 valence electrons. The van der Waals surface area contributed by atoms with Crippen molar-refractivity contribution in [2.24, 2.45) is 0 Å². The molecule has 1 aliphatic rings. The van der Waals surface area contributed by atoms with Gasteiger partial charge in [0.2, 0.25) is 11.8 Å². The van der Waals surface area contributed by atoms with Crippen LogP contribution in [0.3, 0.4) is 0 Å². The number of fused-ring (bicyclic) bond motifs is 1. The fraction of sp³-hybridized carbons (Fsp3) is 0.300. The smallest absolute Gasteiger partial charge is 0.260 e. The molecule has 2 aromatic rings. The monoisotopic (exact) mass is 381 g/mol. The van der Waals surface area contributed by atoms with Gasteiger partial charge in [-0.2, -0.15) is 5.10 Å². The molecule has 0 radical (unpaired) electrons. The molecular weight excluding hydrogens is 358 g/mol. The molecule has 2 N–H and O–H groups in total. The highest BCUT2D eigenvalue weighted by Crippen LogP contribution is 2.32. The Labute approximate surface area is 163 Å². The van der Waals surface area contributed by atoms with Gasteiger partial charge in [0.1, 0.15) is 6.54 Å². The molecule has 1 aromatic carbocycles. The molecular formula is C20H23N5O3. The van der Waals surface area contributed by atoms with Crippen LogP contribution < -0.4 is 10.9 Å². The third kappa shape index (κ3) is 4.28. The number of benzene rings is 1. The van der Waals surface area contributed by atoms with E-state index in [1.165, 1.54) is 11.8 Å². The Morgan fingerprint density at radius 2 is 1.82 bits per heavy atom. The number of nitrogens with one attached hydrogen (secondary N) is 2. The SMILES string of the molecule is CC(=O)N1C=Cc2ccccc2[C@@H]1CC(=O)NNC(=O)Cn1nc(C)cc1C. The number of aromatic nitrogens is 2. The van der Waals surface area contributed by atoms with Crippen LogP contribution in [0.2, 0.25) is 0 Å². The third-order valence-electron chi connectivity index (χ3n) is 4.59. The molecule has 3 rings (SSSR count). The molecule has 0 saturated carbocycles. The lowest BCUT2D eigenvalue weighted by atomic mass is 9.93. The molecule has 28 heavy (non-hydrogen) atoms. The molecule has 0 saturated heterocycles. The summed E-state index contributed by atoms with van der Waals surface area (Å²) >= 11 is 0. The van der Waals surface area contributed by atoms with Crippen molar-refractivity contribution in [3.05, 3.63) is 59.0 Å². The fourth-order valence-corrected chi connectivity index (χ4v) is 3.29. The highest BCUT2D eigenvalue weighted by Gasteiger charge is 2.28. The lowest BCUT2D eigenvalue weighted by molar-refractivity contribution is -0.132. The van der Waals surface area contributed by atoms with E-state index in [-0.39, 0.29) is 30.7 Å². The van der Waals surface area contributed by atoms with E-state index < -0.39 is 6.04 Å². The first-order valence-corrected chi connectivity index (χ1v) is 9.00. The molecule has 0 fully saturated rings. The normalized spacial score (nSPS) is 15.1. The van der Waals surface area contributed by atoms with Crippen LogP contribution in [0.15, 0.2) is 36.5 Å². The summed E-state index contributed by atoms with van der Waals surface area (Å²) in [4.78, 5) is 38.0. The summed E-state index contributed by atoms with van der Waals surface area (Å²) in [6.07, 6.45) is 3.56. The zero-order chi connectivity index (χ0) is 20.3. The number of hydrogen-bond acceptors (Lipinski definition) is 4. The first-order valence-electron chi connectivity index (χ1n) is 9.00. The van der Waals surface area contributed by atoms with Gasteiger partial charge < -0.3 is 4.90 Å². The van der Waals surface area contributed by atoms with Gasteiger partial charge in [-0.15, -0.1) is 0 Å². The summed E-state index contributed by atoms with van der Waals surface area (Å²) in [6.45, 7) is 5.17. The van der Waals surface area contributed by atoms with Crippen LogP contribution in [-0.2, 0) is 20.9 Å². The van der Waals surface area contributed by atoms with Crippen molar-refractivity contribution >= 4 is 23.8 Å². The number of amides is 3. The highest BCUT2D eigenvalue weighted by atomic mass is 16.2. The number of rotatable bonds is 4. The largest absolute Gasteiger partial charge is 0.311 e. The molecule has 1 atom stereocenters. The van der Waals surface area contributed by atoms with Crippen molar-refractivity contribution in [3.8, 4) is 0 Å². The summed E-state index contributed by atoms with van der Waals surface area (Å²) in [5, 5.41) is 4.22. The predicted octanol–water partition coefficient (Wildman–Crippen LogP) is 1.61. The van der Waals surface area contributed by atoms with Crippen LogP contribution in [-0.4, -0.2) is 32.4 Å². The number of hydrogen-bond donors (Lipinski definition) is 2. The zero-order valence-electron chi connectivity index (χ0n) is 16.1. The summed E-state index contributed by atoms with van der Waals surface area (Å²) in [7, 11) is 0. The van der Waals surface area contributed by atoms with E-state index in [1.807, 2.05) is 50.3 Å². The predicted molar refractivity (Wildman–Crippen MR) is 103 cm³/mol. The van der Waals surface area contributed by atoms with Gasteiger partial charge in [0.05, 0.1) is 18.2 Å². The number of carbonyl (C=O) groups excluding carboxylic acids is 3. The molecule has 8 nitrogen and oxygen atoms in total. The molecule has 8 heteroatoms. The average Bonchev–Trinajstić information content (AvgIpc) is 2.97. The number of carbonyl (C=O) groups is 3. The topological polar surface area (TPSA) is 96.3 Å². The molecule has 0 unspecified atom stereocenters. The van der Waals surface area contributed by atoms with Crippen LogP contribution in [0.5, 0.6) is 0 Å². The van der Waals surface area contributed by atoms with E-state index >= 15 is 0 Å². The summed E-state index contributed by atoms with van der Waals surface area (Å²) < 4.78 is 1.57. The molecule has 0 aliphatic carbocycles. The van der Waals surface area contributed by atoms with E-state index in [9.17, 15) is 14.4 Å². The third-order valence-corrected chi connectivity index (χ3v) is 4.59. The van der Waals surface area contributed by atoms with Crippen LogP contribution in [0, 0.1) is 13.8 Å². The first-order chi connectivity index (χ1) is 13.3. The standard InChI is InChI=1S/C20H23N5O3/c1-13-10-14(2)25(23-13)12-20(28)22-21-19(27)11-18-17-7-5-4-6-16(17)8-9-24(18)15(3)26/h4-10,18H,11-12H2,1-3H3,(H,21,27)(H,22,28)/t18-/m0/s1. The van der Waals surface area contributed by atoms with E-state index in [0.29, 0.717) is 0 Å². The maximum Gasteiger partial charge on any atom is 0.260 e. The maximum atomic E-state index is 12.4. The van der Waals surface area contributed by atoms with Gasteiger partial charge in [-0.05, 0) is 37.1 Å². The summed E-state index contributed by atoms with van der Waals surface area (Å²) in [5.41, 5.74) is 8.37. The minimum atomic E-state index is -0.424. The Balaban J connectivity index is 1.61. The van der Waals surface area contributed by atoms with Gasteiger partial charge >= 0.3 is 0 Å². The first kappa shape index (κ1) is 19.3. The van der Waals surface area contributed by atoms with E-state index in [1.54, 1.807) is 10.9 Å². The second-order valence-electron chi connectivity index (χ2n) is 6.77. The van der Waals surface area contributed by atoms with Crippen LogP contribution in [0.4, 0.5) is 0 Å². The molecule has 0 bridgehead atoms. The lowest BCUT2D eigenvalue weighted by Gasteiger charge is -2.32.